The quantitative estimate of drug-likeness (QED) is 0.724. The first-order valence-electron chi connectivity index (χ1n) is 6.35. The van der Waals surface area contributed by atoms with Crippen LogP contribution in [-0.2, 0) is 6.54 Å². The molecule has 0 aliphatic rings. The van der Waals surface area contributed by atoms with Gasteiger partial charge >= 0.3 is 7.48 Å². The average Bonchev–Trinajstić information content (AvgIpc) is 2.90. The highest BCUT2D eigenvalue weighted by molar-refractivity contribution is 6.45. The lowest BCUT2D eigenvalue weighted by Gasteiger charge is -2.06. The molecule has 0 amide bonds. The summed E-state index contributed by atoms with van der Waals surface area (Å²) in [4.78, 5) is 4.39. The minimum absolute atomic E-state index is 0.732. The van der Waals surface area contributed by atoms with E-state index in [-0.39, 0.29) is 0 Å². The fourth-order valence-electron chi connectivity index (χ4n) is 2.20. The zero-order chi connectivity index (χ0) is 13.9. The Hall–Kier alpha value is -2.27. The van der Waals surface area contributed by atoms with E-state index in [1.165, 1.54) is 0 Å². The number of fused-ring (bicyclic) bond motifs is 1. The number of ether oxygens (including phenoxy) is 1. The molecule has 0 spiro atoms. The van der Waals surface area contributed by atoms with Gasteiger partial charge in [0.15, 0.2) is 0 Å². The molecular weight excluding hydrogens is 251 g/mol. The molecule has 0 fully saturated rings. The molecule has 1 radical (unpaired) electrons. The van der Waals surface area contributed by atoms with Crippen LogP contribution in [0, 0.1) is 0 Å². The number of aromatic nitrogens is 2. The Morgan fingerprint density at radius 3 is 2.70 bits per heavy atom. The Labute approximate surface area is 117 Å². The van der Waals surface area contributed by atoms with Crippen molar-refractivity contribution < 1.29 is 9.76 Å². The maximum atomic E-state index is 8.93. The van der Waals surface area contributed by atoms with Crippen molar-refractivity contribution in [3.8, 4) is 5.75 Å². The van der Waals surface area contributed by atoms with Gasteiger partial charge in [-0.1, -0.05) is 29.7 Å². The van der Waals surface area contributed by atoms with Gasteiger partial charge in [-0.25, -0.2) is 4.98 Å². The second-order valence-corrected chi connectivity index (χ2v) is 4.60. The summed E-state index contributed by atoms with van der Waals surface area (Å²) >= 11 is 0. The van der Waals surface area contributed by atoms with Crippen molar-refractivity contribution in [1.29, 1.82) is 0 Å². The largest absolute Gasteiger partial charge is 0.497 e. The second kappa shape index (κ2) is 5.39. The van der Waals surface area contributed by atoms with Crippen molar-refractivity contribution in [2.24, 2.45) is 0 Å². The van der Waals surface area contributed by atoms with Crippen LogP contribution in [0.4, 0.5) is 0 Å². The summed E-state index contributed by atoms with van der Waals surface area (Å²) in [5.41, 5.74) is 3.94. The fraction of sp³-hybridized carbons (Fsp3) is 0.133. The van der Waals surface area contributed by atoms with Crippen LogP contribution in [-0.4, -0.2) is 29.2 Å². The van der Waals surface area contributed by atoms with E-state index < -0.39 is 0 Å². The smallest absolute Gasteiger partial charge is 0.326 e. The molecule has 0 saturated carbocycles. The van der Waals surface area contributed by atoms with Crippen molar-refractivity contribution in [2.75, 3.05) is 7.11 Å². The molecule has 3 rings (SSSR count). The Kier molecular flexibility index (Phi) is 3.43. The molecule has 1 N–H and O–H groups in total. The summed E-state index contributed by atoms with van der Waals surface area (Å²) in [6.45, 7) is 0.732. The lowest BCUT2D eigenvalue weighted by molar-refractivity contribution is 0.415. The van der Waals surface area contributed by atoms with Gasteiger partial charge in [-0.05, 0) is 17.7 Å². The van der Waals surface area contributed by atoms with E-state index in [0.717, 1.165) is 41.8 Å². The highest BCUT2D eigenvalue weighted by Crippen LogP contribution is 2.20. The third-order valence-corrected chi connectivity index (χ3v) is 3.31. The van der Waals surface area contributed by atoms with E-state index >= 15 is 0 Å². The van der Waals surface area contributed by atoms with E-state index in [1.807, 2.05) is 48.8 Å². The number of nitrogens with zero attached hydrogens (tertiary/aromatic N) is 2. The van der Waals surface area contributed by atoms with Crippen LogP contribution in [0.2, 0.25) is 0 Å². The third-order valence-electron chi connectivity index (χ3n) is 3.31. The van der Waals surface area contributed by atoms with Crippen molar-refractivity contribution in [3.63, 3.8) is 0 Å². The van der Waals surface area contributed by atoms with Gasteiger partial charge in [-0.3, -0.25) is 0 Å². The second-order valence-electron chi connectivity index (χ2n) is 4.60. The molecule has 99 valence electrons. The molecule has 3 aromatic rings. The Bertz CT molecular complexity index is 722. The molecule has 0 bridgehead atoms. The van der Waals surface area contributed by atoms with E-state index in [9.17, 15) is 0 Å². The van der Waals surface area contributed by atoms with Gasteiger partial charge in [0.1, 0.15) is 5.75 Å². The van der Waals surface area contributed by atoms with Crippen LogP contribution in [0.25, 0.3) is 11.0 Å². The predicted molar refractivity (Wildman–Crippen MR) is 79.4 cm³/mol. The standard InChI is InChI=1S/C15H14BN2O2/c1-20-13-6-7-14-15(8-13)18(10-17-14)9-11-2-4-12(16-19)5-3-11/h2-8,10,19H,9H2,1H3. The average molecular weight is 265 g/mol. The molecule has 20 heavy (non-hydrogen) atoms. The molecule has 0 saturated heterocycles. The van der Waals surface area contributed by atoms with Crippen molar-refractivity contribution in [1.82, 2.24) is 9.55 Å². The van der Waals surface area contributed by atoms with Gasteiger partial charge in [0.05, 0.1) is 24.5 Å². The Balaban J connectivity index is 1.93. The molecule has 1 aromatic heterocycles. The first-order chi connectivity index (χ1) is 9.80. The van der Waals surface area contributed by atoms with Crippen LogP contribution in [0.3, 0.4) is 0 Å². The lowest BCUT2D eigenvalue weighted by Crippen LogP contribution is -2.12. The molecule has 4 nitrogen and oxygen atoms in total. The number of methoxy groups -OCH3 is 1. The molecule has 2 aromatic carbocycles. The monoisotopic (exact) mass is 265 g/mol. The van der Waals surface area contributed by atoms with Crippen LogP contribution < -0.4 is 10.2 Å². The van der Waals surface area contributed by atoms with E-state index in [4.69, 9.17) is 9.76 Å². The van der Waals surface area contributed by atoms with Gasteiger partial charge in [0, 0.05) is 12.6 Å². The highest BCUT2D eigenvalue weighted by Gasteiger charge is 2.05. The Morgan fingerprint density at radius 2 is 2.00 bits per heavy atom. The SMILES string of the molecule is COc1ccc2ncn(Cc3ccc([B]O)cc3)c2c1. The van der Waals surface area contributed by atoms with Crippen molar-refractivity contribution >= 4 is 24.0 Å². The first-order valence-corrected chi connectivity index (χ1v) is 6.35. The van der Waals surface area contributed by atoms with Gasteiger partial charge in [0.25, 0.3) is 0 Å². The molecule has 0 atom stereocenters. The van der Waals surface area contributed by atoms with E-state index in [1.54, 1.807) is 7.11 Å². The summed E-state index contributed by atoms with van der Waals surface area (Å²) in [6.07, 6.45) is 1.83. The molecule has 5 heteroatoms. The maximum Gasteiger partial charge on any atom is 0.326 e. The number of benzene rings is 2. The topological polar surface area (TPSA) is 47.3 Å². The first kappa shape index (κ1) is 12.8. The Morgan fingerprint density at radius 1 is 1.20 bits per heavy atom. The lowest BCUT2D eigenvalue weighted by atomic mass is 9.88. The van der Waals surface area contributed by atoms with E-state index in [2.05, 4.69) is 9.55 Å². The maximum absolute atomic E-state index is 8.93. The summed E-state index contributed by atoms with van der Waals surface area (Å²) in [6, 6.07) is 13.6. The number of hydrogen-bond acceptors (Lipinski definition) is 3. The molecular formula is C15H14BN2O2. The van der Waals surface area contributed by atoms with Gasteiger partial charge in [0.2, 0.25) is 0 Å². The van der Waals surface area contributed by atoms with Crippen LogP contribution in [0.5, 0.6) is 5.75 Å². The highest BCUT2D eigenvalue weighted by atomic mass is 16.5. The van der Waals surface area contributed by atoms with Gasteiger partial charge < -0.3 is 14.3 Å². The molecule has 0 unspecified atom stereocenters. The van der Waals surface area contributed by atoms with Crippen molar-refractivity contribution in [2.45, 2.75) is 6.54 Å². The zero-order valence-electron chi connectivity index (χ0n) is 11.2. The van der Waals surface area contributed by atoms with Crippen LogP contribution >= 0.6 is 0 Å². The van der Waals surface area contributed by atoms with Gasteiger partial charge in [-0.2, -0.15) is 0 Å². The number of rotatable bonds is 4. The third kappa shape index (κ3) is 2.40. The normalized spacial score (nSPS) is 10.7. The summed E-state index contributed by atoms with van der Waals surface area (Å²) in [5.74, 6) is 0.824. The van der Waals surface area contributed by atoms with Crippen LogP contribution in [0.1, 0.15) is 5.56 Å². The number of hydrogen-bond donors (Lipinski definition) is 1. The predicted octanol–water partition coefficient (Wildman–Crippen LogP) is 1.33. The molecule has 1 heterocycles. The summed E-state index contributed by atoms with van der Waals surface area (Å²) in [7, 11) is 2.76. The van der Waals surface area contributed by atoms with E-state index in [0.29, 0.717) is 0 Å². The molecule has 0 aliphatic heterocycles. The number of imidazole rings is 1. The minimum atomic E-state index is 0.732. The van der Waals surface area contributed by atoms with Crippen LogP contribution in [0.15, 0.2) is 48.8 Å². The zero-order valence-corrected chi connectivity index (χ0v) is 11.2. The molecule has 0 aliphatic carbocycles. The van der Waals surface area contributed by atoms with Crippen molar-refractivity contribution in [3.05, 3.63) is 54.4 Å². The fourth-order valence-corrected chi connectivity index (χ4v) is 2.20. The summed E-state index contributed by atoms with van der Waals surface area (Å²) < 4.78 is 7.33. The minimum Gasteiger partial charge on any atom is -0.497 e. The van der Waals surface area contributed by atoms with Gasteiger partial charge in [-0.15, -0.1) is 0 Å². The summed E-state index contributed by atoms with van der Waals surface area (Å²) in [5, 5.41) is 8.93.